The Morgan fingerprint density at radius 1 is 1.50 bits per heavy atom. The molecular formula is C15H26N2S. The van der Waals surface area contributed by atoms with E-state index in [2.05, 4.69) is 41.6 Å². The quantitative estimate of drug-likeness (QED) is 0.736. The van der Waals surface area contributed by atoms with Gasteiger partial charge in [-0.1, -0.05) is 19.4 Å². The first-order valence-corrected chi connectivity index (χ1v) is 8.18. The van der Waals surface area contributed by atoms with E-state index >= 15 is 0 Å². The molecule has 1 aromatic heterocycles. The van der Waals surface area contributed by atoms with Crippen LogP contribution in [0, 0.1) is 0 Å². The maximum absolute atomic E-state index is 3.60. The highest BCUT2D eigenvalue weighted by Crippen LogP contribution is 2.28. The van der Waals surface area contributed by atoms with Gasteiger partial charge in [-0.15, -0.1) is 11.3 Å². The third-order valence-electron chi connectivity index (χ3n) is 3.67. The molecule has 2 rings (SSSR count). The molecule has 1 aromatic rings. The Morgan fingerprint density at radius 3 is 2.94 bits per heavy atom. The van der Waals surface area contributed by atoms with Crippen LogP contribution in [0.2, 0.25) is 0 Å². The van der Waals surface area contributed by atoms with E-state index < -0.39 is 0 Å². The normalized spacial score (nSPS) is 17.3. The zero-order valence-electron chi connectivity index (χ0n) is 11.7. The Bertz CT molecular complexity index is 319. The Labute approximate surface area is 115 Å². The molecule has 0 aromatic carbocycles. The summed E-state index contributed by atoms with van der Waals surface area (Å²) in [5, 5.41) is 5.75. The lowest BCUT2D eigenvalue weighted by atomic mass is 10.2. The average molecular weight is 266 g/mol. The molecule has 2 nitrogen and oxygen atoms in total. The van der Waals surface area contributed by atoms with Crippen molar-refractivity contribution < 1.29 is 0 Å². The van der Waals surface area contributed by atoms with Gasteiger partial charge in [0.1, 0.15) is 0 Å². The molecule has 0 saturated heterocycles. The number of unbranched alkanes of at least 4 members (excludes halogenated alkanes) is 1. The Balaban J connectivity index is 1.69. The van der Waals surface area contributed by atoms with Crippen LogP contribution in [0.1, 0.15) is 44.4 Å². The van der Waals surface area contributed by atoms with Crippen LogP contribution in [0.3, 0.4) is 0 Å². The minimum atomic E-state index is 0.670. The molecule has 1 aliphatic rings. The number of rotatable bonds is 9. The summed E-state index contributed by atoms with van der Waals surface area (Å²) in [6.45, 7) is 8.07. The van der Waals surface area contributed by atoms with Gasteiger partial charge in [0, 0.05) is 30.1 Å². The molecule has 0 amide bonds. The van der Waals surface area contributed by atoms with Crippen LogP contribution in [0.15, 0.2) is 17.5 Å². The fourth-order valence-corrected chi connectivity index (χ4v) is 3.12. The molecule has 18 heavy (non-hydrogen) atoms. The van der Waals surface area contributed by atoms with E-state index in [1.807, 2.05) is 11.3 Å². The lowest BCUT2D eigenvalue weighted by Gasteiger charge is -2.29. The van der Waals surface area contributed by atoms with E-state index in [1.54, 1.807) is 0 Å². The average Bonchev–Trinajstić information content (AvgIpc) is 3.06. The predicted molar refractivity (Wildman–Crippen MR) is 80.1 cm³/mol. The molecule has 1 saturated carbocycles. The third kappa shape index (κ3) is 4.38. The first-order chi connectivity index (χ1) is 8.81. The highest BCUT2D eigenvalue weighted by molar-refractivity contribution is 7.09. The maximum Gasteiger partial charge on any atom is 0.0300 e. The number of nitrogens with zero attached hydrogens (tertiary/aromatic N) is 1. The van der Waals surface area contributed by atoms with E-state index in [0.717, 1.165) is 19.1 Å². The summed E-state index contributed by atoms with van der Waals surface area (Å²) in [4.78, 5) is 4.15. The number of nitrogens with one attached hydrogen (secondary N) is 1. The molecular weight excluding hydrogens is 240 g/mol. The van der Waals surface area contributed by atoms with Crippen molar-refractivity contribution in [2.24, 2.45) is 0 Å². The minimum Gasteiger partial charge on any atom is -0.310 e. The molecule has 0 bridgehead atoms. The fourth-order valence-electron chi connectivity index (χ4n) is 2.44. The zero-order chi connectivity index (χ0) is 12.8. The van der Waals surface area contributed by atoms with Crippen LogP contribution in [-0.4, -0.2) is 30.1 Å². The standard InChI is InChI=1S/C15H26N2S/c1-3-4-9-17(14-7-8-14)13(2)11-16-12-15-6-5-10-18-15/h5-6,10,13-14,16H,3-4,7-9,11-12H2,1-2H3. The smallest absolute Gasteiger partial charge is 0.0300 e. The van der Waals surface area contributed by atoms with Gasteiger partial charge in [-0.3, -0.25) is 4.90 Å². The van der Waals surface area contributed by atoms with E-state index in [9.17, 15) is 0 Å². The van der Waals surface area contributed by atoms with E-state index in [4.69, 9.17) is 0 Å². The summed E-state index contributed by atoms with van der Waals surface area (Å²) in [6.07, 6.45) is 5.47. The second-order valence-corrected chi connectivity index (χ2v) is 6.41. The molecule has 1 unspecified atom stereocenters. The first-order valence-electron chi connectivity index (χ1n) is 7.30. The zero-order valence-corrected chi connectivity index (χ0v) is 12.5. The molecule has 1 N–H and O–H groups in total. The lowest BCUT2D eigenvalue weighted by molar-refractivity contribution is 0.191. The maximum atomic E-state index is 3.60. The molecule has 0 radical (unpaired) electrons. The van der Waals surface area contributed by atoms with Crippen molar-refractivity contribution in [3.8, 4) is 0 Å². The van der Waals surface area contributed by atoms with Crippen molar-refractivity contribution in [1.82, 2.24) is 10.2 Å². The van der Waals surface area contributed by atoms with Crippen molar-refractivity contribution in [2.45, 2.75) is 58.2 Å². The van der Waals surface area contributed by atoms with Gasteiger partial charge in [-0.2, -0.15) is 0 Å². The summed E-state index contributed by atoms with van der Waals surface area (Å²) < 4.78 is 0. The minimum absolute atomic E-state index is 0.670. The number of hydrogen-bond acceptors (Lipinski definition) is 3. The Hall–Kier alpha value is -0.380. The topological polar surface area (TPSA) is 15.3 Å². The highest BCUT2D eigenvalue weighted by Gasteiger charge is 2.31. The molecule has 0 spiro atoms. The predicted octanol–water partition coefficient (Wildman–Crippen LogP) is 3.49. The van der Waals surface area contributed by atoms with Gasteiger partial charge in [-0.25, -0.2) is 0 Å². The van der Waals surface area contributed by atoms with Gasteiger partial charge in [0.25, 0.3) is 0 Å². The fraction of sp³-hybridized carbons (Fsp3) is 0.733. The Morgan fingerprint density at radius 2 is 2.33 bits per heavy atom. The highest BCUT2D eigenvalue weighted by atomic mass is 32.1. The van der Waals surface area contributed by atoms with Crippen molar-refractivity contribution >= 4 is 11.3 Å². The van der Waals surface area contributed by atoms with Crippen LogP contribution < -0.4 is 5.32 Å². The van der Waals surface area contributed by atoms with Gasteiger partial charge in [-0.05, 0) is 44.2 Å². The van der Waals surface area contributed by atoms with E-state index in [1.165, 1.54) is 37.1 Å². The lowest BCUT2D eigenvalue weighted by Crippen LogP contribution is -2.42. The molecule has 3 heteroatoms. The first kappa shape index (κ1) is 14.0. The second kappa shape index (κ2) is 7.27. The molecule has 1 fully saturated rings. The molecule has 1 aliphatic carbocycles. The summed E-state index contributed by atoms with van der Waals surface area (Å²) in [5.41, 5.74) is 0. The van der Waals surface area contributed by atoms with E-state index in [-0.39, 0.29) is 0 Å². The largest absolute Gasteiger partial charge is 0.310 e. The van der Waals surface area contributed by atoms with Gasteiger partial charge >= 0.3 is 0 Å². The van der Waals surface area contributed by atoms with Crippen molar-refractivity contribution in [3.63, 3.8) is 0 Å². The van der Waals surface area contributed by atoms with Crippen molar-refractivity contribution in [2.75, 3.05) is 13.1 Å². The second-order valence-electron chi connectivity index (χ2n) is 5.38. The summed E-state index contributed by atoms with van der Waals surface area (Å²) in [6, 6.07) is 5.89. The monoisotopic (exact) mass is 266 g/mol. The SMILES string of the molecule is CCCCN(C(C)CNCc1cccs1)C1CC1. The van der Waals surface area contributed by atoms with Gasteiger partial charge in [0.15, 0.2) is 0 Å². The van der Waals surface area contributed by atoms with Crippen molar-refractivity contribution in [1.29, 1.82) is 0 Å². The van der Waals surface area contributed by atoms with Crippen LogP contribution in [0.4, 0.5) is 0 Å². The summed E-state index contributed by atoms with van der Waals surface area (Å²) >= 11 is 1.84. The Kier molecular flexibility index (Phi) is 5.67. The van der Waals surface area contributed by atoms with Crippen LogP contribution in [-0.2, 0) is 6.54 Å². The molecule has 1 heterocycles. The summed E-state index contributed by atoms with van der Waals surface area (Å²) in [7, 11) is 0. The van der Waals surface area contributed by atoms with Gasteiger partial charge in [0.2, 0.25) is 0 Å². The number of hydrogen-bond donors (Lipinski definition) is 1. The van der Waals surface area contributed by atoms with Crippen LogP contribution in [0.5, 0.6) is 0 Å². The van der Waals surface area contributed by atoms with Crippen molar-refractivity contribution in [3.05, 3.63) is 22.4 Å². The molecule has 102 valence electrons. The van der Waals surface area contributed by atoms with Crippen LogP contribution >= 0.6 is 11.3 Å². The van der Waals surface area contributed by atoms with E-state index in [0.29, 0.717) is 6.04 Å². The summed E-state index contributed by atoms with van der Waals surface area (Å²) in [5.74, 6) is 0. The number of thiophene rings is 1. The third-order valence-corrected chi connectivity index (χ3v) is 4.55. The van der Waals surface area contributed by atoms with Gasteiger partial charge in [0.05, 0.1) is 0 Å². The van der Waals surface area contributed by atoms with Crippen LogP contribution in [0.25, 0.3) is 0 Å². The van der Waals surface area contributed by atoms with Gasteiger partial charge < -0.3 is 5.32 Å². The molecule has 1 atom stereocenters. The molecule has 0 aliphatic heterocycles.